The Bertz CT molecular complexity index is 1390. The molecule has 0 radical (unpaired) electrons. The number of carbonyl (C=O) groups excluding carboxylic acids is 3. The number of hydrogen-bond donors (Lipinski definition) is 0. The minimum absolute atomic E-state index is 0.0610. The van der Waals surface area contributed by atoms with Crippen molar-refractivity contribution < 1.29 is 14.4 Å². The van der Waals surface area contributed by atoms with Crippen LogP contribution in [0.15, 0.2) is 77.3 Å². The highest BCUT2D eigenvalue weighted by atomic mass is 79.9. The monoisotopic (exact) mass is 511 g/mol. The SMILES string of the molecule is CC(=O)C1C(c2ccc(Br)cc2)C2(C(=O)c3ccccc3C2=O)C2C=Cc3ccc(C)cc3N12. The number of aryl methyl sites for hydroxylation is 1. The molecule has 6 rings (SSSR count). The van der Waals surface area contributed by atoms with Crippen molar-refractivity contribution in [3.63, 3.8) is 0 Å². The van der Waals surface area contributed by atoms with E-state index >= 15 is 0 Å². The number of Topliss-reactive ketones (excluding diaryl/α,β-unsaturated/α-hetero) is 3. The normalized spacial score (nSPS) is 23.7. The molecule has 0 aromatic heterocycles. The summed E-state index contributed by atoms with van der Waals surface area (Å²) in [7, 11) is 0. The lowest BCUT2D eigenvalue weighted by Gasteiger charge is -2.37. The fourth-order valence-corrected chi connectivity index (χ4v) is 6.53. The predicted octanol–water partition coefficient (Wildman–Crippen LogP) is 5.78. The van der Waals surface area contributed by atoms with Gasteiger partial charge in [-0.05, 0) is 48.7 Å². The maximum atomic E-state index is 14.3. The minimum atomic E-state index is -1.41. The molecule has 1 saturated heterocycles. The fraction of sp³-hybridized carbons (Fsp3) is 0.207. The Morgan fingerprint density at radius 1 is 0.941 bits per heavy atom. The third kappa shape index (κ3) is 2.62. The summed E-state index contributed by atoms with van der Waals surface area (Å²) in [4.78, 5) is 44.0. The van der Waals surface area contributed by atoms with E-state index in [1.54, 1.807) is 31.2 Å². The molecule has 5 heteroatoms. The molecular formula is C29H22BrNO3. The van der Waals surface area contributed by atoms with Crippen LogP contribution < -0.4 is 4.90 Å². The van der Waals surface area contributed by atoms with Gasteiger partial charge in [-0.2, -0.15) is 0 Å². The Kier molecular flexibility index (Phi) is 4.59. The number of hydrogen-bond acceptors (Lipinski definition) is 4. The highest BCUT2D eigenvalue weighted by Gasteiger charge is 2.71. The first-order valence-corrected chi connectivity index (χ1v) is 12.2. The van der Waals surface area contributed by atoms with Crippen LogP contribution in [0, 0.1) is 12.3 Å². The molecule has 0 amide bonds. The van der Waals surface area contributed by atoms with Gasteiger partial charge in [0.15, 0.2) is 17.3 Å². The third-order valence-corrected chi connectivity index (χ3v) is 8.14. The van der Waals surface area contributed by atoms with E-state index in [9.17, 15) is 14.4 Å². The van der Waals surface area contributed by atoms with Crippen LogP contribution in [0.1, 0.15) is 50.2 Å². The molecule has 168 valence electrons. The number of carbonyl (C=O) groups is 3. The van der Waals surface area contributed by atoms with Crippen LogP contribution in [-0.2, 0) is 4.79 Å². The number of anilines is 1. The second-order valence-electron chi connectivity index (χ2n) is 9.43. The van der Waals surface area contributed by atoms with Crippen LogP contribution >= 0.6 is 15.9 Å². The van der Waals surface area contributed by atoms with Crippen LogP contribution in [0.5, 0.6) is 0 Å². The maximum absolute atomic E-state index is 14.3. The Balaban J connectivity index is 1.69. The number of ketones is 3. The van der Waals surface area contributed by atoms with E-state index in [0.717, 1.165) is 26.9 Å². The summed E-state index contributed by atoms with van der Waals surface area (Å²) in [6, 6.07) is 19.6. The van der Waals surface area contributed by atoms with Crippen LogP contribution in [0.2, 0.25) is 0 Å². The molecule has 1 fully saturated rings. The number of fused-ring (bicyclic) bond motifs is 5. The van der Waals surface area contributed by atoms with Crippen molar-refractivity contribution in [1.29, 1.82) is 0 Å². The molecule has 2 heterocycles. The lowest BCUT2D eigenvalue weighted by Crippen LogP contribution is -2.48. The van der Waals surface area contributed by atoms with Crippen molar-refractivity contribution in [2.75, 3.05) is 4.90 Å². The van der Waals surface area contributed by atoms with Gasteiger partial charge in [-0.1, -0.05) is 76.6 Å². The molecule has 3 aromatic carbocycles. The summed E-state index contributed by atoms with van der Waals surface area (Å²) >= 11 is 3.49. The van der Waals surface area contributed by atoms with Crippen molar-refractivity contribution >= 4 is 45.0 Å². The highest BCUT2D eigenvalue weighted by molar-refractivity contribution is 9.10. The smallest absolute Gasteiger partial charge is 0.180 e. The fourth-order valence-electron chi connectivity index (χ4n) is 6.27. The zero-order chi connectivity index (χ0) is 23.8. The molecule has 0 saturated carbocycles. The van der Waals surface area contributed by atoms with Gasteiger partial charge >= 0.3 is 0 Å². The average molecular weight is 512 g/mol. The molecule has 3 unspecified atom stereocenters. The molecule has 34 heavy (non-hydrogen) atoms. The van der Waals surface area contributed by atoms with E-state index < -0.39 is 23.4 Å². The summed E-state index contributed by atoms with van der Waals surface area (Å²) in [5.41, 5.74) is 3.23. The van der Waals surface area contributed by atoms with Gasteiger partial charge in [0.05, 0.1) is 12.1 Å². The zero-order valence-electron chi connectivity index (χ0n) is 18.8. The van der Waals surface area contributed by atoms with Crippen LogP contribution in [0.25, 0.3) is 6.08 Å². The predicted molar refractivity (Wildman–Crippen MR) is 135 cm³/mol. The van der Waals surface area contributed by atoms with E-state index in [1.807, 2.05) is 60.4 Å². The molecule has 0 N–H and O–H groups in total. The van der Waals surface area contributed by atoms with Crippen LogP contribution in [0.4, 0.5) is 5.69 Å². The minimum Gasteiger partial charge on any atom is -0.352 e. The van der Waals surface area contributed by atoms with Crippen molar-refractivity contribution in [3.8, 4) is 0 Å². The van der Waals surface area contributed by atoms with Gasteiger partial charge in [-0.15, -0.1) is 0 Å². The first kappa shape index (κ1) is 21.2. The highest BCUT2D eigenvalue weighted by Crippen LogP contribution is 2.60. The molecule has 4 nitrogen and oxygen atoms in total. The first-order chi connectivity index (χ1) is 16.4. The largest absolute Gasteiger partial charge is 0.352 e. The quantitative estimate of drug-likeness (QED) is 0.409. The van der Waals surface area contributed by atoms with Crippen molar-refractivity contribution in [2.24, 2.45) is 5.41 Å². The second-order valence-corrected chi connectivity index (χ2v) is 10.3. The Labute approximate surface area is 206 Å². The number of rotatable bonds is 2. The van der Waals surface area contributed by atoms with Crippen LogP contribution in [-0.4, -0.2) is 29.4 Å². The van der Waals surface area contributed by atoms with Gasteiger partial charge in [-0.3, -0.25) is 14.4 Å². The van der Waals surface area contributed by atoms with E-state index in [0.29, 0.717) is 11.1 Å². The average Bonchev–Trinajstić information content (AvgIpc) is 3.27. The molecule has 2 aliphatic heterocycles. The summed E-state index contributed by atoms with van der Waals surface area (Å²) in [6.45, 7) is 3.58. The van der Waals surface area contributed by atoms with Gasteiger partial charge in [-0.25, -0.2) is 0 Å². The lowest BCUT2D eigenvalue weighted by atomic mass is 9.64. The van der Waals surface area contributed by atoms with Crippen molar-refractivity contribution in [3.05, 3.63) is 105 Å². The van der Waals surface area contributed by atoms with E-state index in [-0.39, 0.29) is 17.3 Å². The van der Waals surface area contributed by atoms with Gasteiger partial charge in [0, 0.05) is 27.2 Å². The molecule has 1 spiro atoms. The summed E-state index contributed by atoms with van der Waals surface area (Å²) in [6.07, 6.45) is 3.94. The van der Waals surface area contributed by atoms with Gasteiger partial charge in [0.1, 0.15) is 5.41 Å². The third-order valence-electron chi connectivity index (χ3n) is 7.61. The molecule has 3 aromatic rings. The van der Waals surface area contributed by atoms with Gasteiger partial charge in [0.2, 0.25) is 0 Å². The van der Waals surface area contributed by atoms with E-state index in [1.165, 1.54) is 0 Å². The molecule has 3 atom stereocenters. The Morgan fingerprint density at radius 3 is 2.21 bits per heavy atom. The number of halogens is 1. The lowest BCUT2D eigenvalue weighted by molar-refractivity contribution is -0.118. The standard InChI is InChI=1S/C29H22BrNO3/c1-16-7-8-18-11-14-24-29(27(33)21-5-3-4-6-22(21)28(29)34)25(19-9-12-20(30)13-10-19)26(17(2)32)31(24)23(18)15-16/h3-15,24-26H,1-2H3. The Hall–Kier alpha value is -3.31. The van der Waals surface area contributed by atoms with Crippen LogP contribution in [0.3, 0.4) is 0 Å². The second kappa shape index (κ2) is 7.34. The topological polar surface area (TPSA) is 54.5 Å². The molecule has 0 bridgehead atoms. The summed E-state index contributed by atoms with van der Waals surface area (Å²) in [5, 5.41) is 0. The van der Waals surface area contributed by atoms with E-state index in [2.05, 4.69) is 22.0 Å². The van der Waals surface area contributed by atoms with E-state index in [4.69, 9.17) is 0 Å². The first-order valence-electron chi connectivity index (χ1n) is 11.4. The van der Waals surface area contributed by atoms with Crippen molar-refractivity contribution in [2.45, 2.75) is 31.8 Å². The number of nitrogens with zero attached hydrogens (tertiary/aromatic N) is 1. The molecule has 3 aliphatic rings. The molecular weight excluding hydrogens is 490 g/mol. The molecule has 1 aliphatic carbocycles. The summed E-state index contributed by atoms with van der Waals surface area (Å²) < 4.78 is 0.897. The number of benzene rings is 3. The van der Waals surface area contributed by atoms with Crippen molar-refractivity contribution in [1.82, 2.24) is 0 Å². The summed E-state index contributed by atoms with van der Waals surface area (Å²) in [5.74, 6) is -1.07. The Morgan fingerprint density at radius 2 is 1.59 bits per heavy atom. The van der Waals surface area contributed by atoms with Gasteiger partial charge in [0.25, 0.3) is 0 Å². The zero-order valence-corrected chi connectivity index (χ0v) is 20.4. The maximum Gasteiger partial charge on any atom is 0.180 e. The van der Waals surface area contributed by atoms with Gasteiger partial charge < -0.3 is 4.90 Å².